The van der Waals surface area contributed by atoms with Gasteiger partial charge in [0, 0.05) is 0 Å². The summed E-state index contributed by atoms with van der Waals surface area (Å²) in [5.74, 6) is -0.185. The number of benzene rings is 1. The minimum absolute atomic E-state index is 0.0498. The molecule has 1 aromatic carbocycles. The zero-order valence-electron chi connectivity index (χ0n) is 12.8. The molecule has 3 nitrogen and oxygen atoms in total. The van der Waals surface area contributed by atoms with Gasteiger partial charge in [-0.2, -0.15) is 0 Å². The standard InChI is InChI=1S/C18H24FNO2/c19-14-10-8-13(9-11-14)17(12-4-1-2-5-12)20-18(22)15-6-3-7-16(15)21/h8-12,15-17,21H,1-7H2,(H,20,22). The number of rotatable bonds is 4. The SMILES string of the molecule is O=C(NC(c1ccc(F)cc1)C1CCCC1)C1CCCC1O. The van der Waals surface area contributed by atoms with Gasteiger partial charge in [0.1, 0.15) is 5.82 Å². The first kappa shape index (κ1) is 15.5. The maximum atomic E-state index is 13.2. The first-order chi connectivity index (χ1) is 10.6. The zero-order chi connectivity index (χ0) is 15.5. The van der Waals surface area contributed by atoms with E-state index in [1.54, 1.807) is 12.1 Å². The number of aliphatic hydroxyl groups excluding tert-OH is 1. The van der Waals surface area contributed by atoms with Crippen LogP contribution in [0.15, 0.2) is 24.3 Å². The Labute approximate surface area is 130 Å². The molecule has 0 heterocycles. The first-order valence-corrected chi connectivity index (χ1v) is 8.39. The fourth-order valence-corrected chi connectivity index (χ4v) is 3.94. The molecule has 0 aliphatic heterocycles. The Kier molecular flexibility index (Phi) is 4.77. The third-order valence-corrected chi connectivity index (χ3v) is 5.21. The Morgan fingerprint density at radius 3 is 2.36 bits per heavy atom. The van der Waals surface area contributed by atoms with Crippen molar-refractivity contribution < 1.29 is 14.3 Å². The summed E-state index contributed by atoms with van der Waals surface area (Å²) in [5, 5.41) is 13.1. The molecule has 0 bridgehead atoms. The lowest BCUT2D eigenvalue weighted by atomic mass is 9.90. The second kappa shape index (κ2) is 6.78. The highest BCUT2D eigenvalue weighted by atomic mass is 19.1. The van der Waals surface area contributed by atoms with Crippen molar-refractivity contribution in [3.63, 3.8) is 0 Å². The van der Waals surface area contributed by atoms with Crippen LogP contribution in [-0.2, 0) is 4.79 Å². The van der Waals surface area contributed by atoms with E-state index in [-0.39, 0.29) is 23.7 Å². The van der Waals surface area contributed by atoms with Crippen molar-refractivity contribution in [2.24, 2.45) is 11.8 Å². The first-order valence-electron chi connectivity index (χ1n) is 8.39. The molecule has 0 radical (unpaired) electrons. The number of aliphatic hydroxyl groups is 1. The lowest BCUT2D eigenvalue weighted by Crippen LogP contribution is -2.39. The average molecular weight is 305 g/mol. The molecule has 3 unspecified atom stereocenters. The van der Waals surface area contributed by atoms with Gasteiger partial charge >= 0.3 is 0 Å². The van der Waals surface area contributed by atoms with Crippen molar-refractivity contribution in [3.05, 3.63) is 35.6 Å². The van der Waals surface area contributed by atoms with Gasteiger partial charge in [-0.1, -0.05) is 25.0 Å². The van der Waals surface area contributed by atoms with E-state index in [2.05, 4.69) is 5.32 Å². The molecule has 1 aromatic rings. The third kappa shape index (κ3) is 3.32. The molecule has 4 heteroatoms. The van der Waals surface area contributed by atoms with E-state index in [1.807, 2.05) is 0 Å². The number of amides is 1. The van der Waals surface area contributed by atoms with E-state index in [0.29, 0.717) is 12.3 Å². The highest BCUT2D eigenvalue weighted by molar-refractivity contribution is 5.80. The van der Waals surface area contributed by atoms with E-state index in [0.717, 1.165) is 31.2 Å². The van der Waals surface area contributed by atoms with Crippen LogP contribution in [0.2, 0.25) is 0 Å². The van der Waals surface area contributed by atoms with E-state index in [1.165, 1.54) is 25.0 Å². The summed E-state index contributed by atoms with van der Waals surface area (Å²) in [6.45, 7) is 0. The monoisotopic (exact) mass is 305 g/mol. The molecule has 2 N–H and O–H groups in total. The Bertz CT molecular complexity index is 510. The van der Waals surface area contributed by atoms with Gasteiger partial charge in [0.05, 0.1) is 18.1 Å². The van der Waals surface area contributed by atoms with Gasteiger partial charge in [0.25, 0.3) is 0 Å². The molecule has 2 fully saturated rings. The van der Waals surface area contributed by atoms with Gasteiger partial charge in [-0.05, 0) is 55.7 Å². The second-order valence-electron chi connectivity index (χ2n) is 6.69. The minimum atomic E-state index is -0.516. The van der Waals surface area contributed by atoms with Gasteiger partial charge in [-0.3, -0.25) is 4.79 Å². The second-order valence-corrected chi connectivity index (χ2v) is 6.69. The van der Waals surface area contributed by atoms with Crippen LogP contribution < -0.4 is 5.32 Å². The highest BCUT2D eigenvalue weighted by Crippen LogP contribution is 2.36. The predicted molar refractivity (Wildman–Crippen MR) is 82.6 cm³/mol. The fraction of sp³-hybridized carbons (Fsp3) is 0.611. The summed E-state index contributed by atoms with van der Waals surface area (Å²) in [6, 6.07) is 6.37. The molecule has 2 saturated carbocycles. The van der Waals surface area contributed by atoms with Crippen molar-refractivity contribution in [1.82, 2.24) is 5.32 Å². The molecule has 120 valence electrons. The maximum absolute atomic E-state index is 13.2. The number of halogens is 1. The molecular formula is C18H24FNO2. The van der Waals surface area contributed by atoms with Crippen molar-refractivity contribution in [1.29, 1.82) is 0 Å². The summed E-state index contributed by atoms with van der Waals surface area (Å²) < 4.78 is 13.2. The molecule has 0 aromatic heterocycles. The Hall–Kier alpha value is -1.42. The largest absolute Gasteiger partial charge is 0.392 e. The lowest BCUT2D eigenvalue weighted by molar-refractivity contribution is -0.128. The van der Waals surface area contributed by atoms with Crippen molar-refractivity contribution in [2.45, 2.75) is 57.1 Å². The Morgan fingerprint density at radius 1 is 1.09 bits per heavy atom. The molecule has 1 amide bonds. The van der Waals surface area contributed by atoms with Crippen molar-refractivity contribution in [2.75, 3.05) is 0 Å². The highest BCUT2D eigenvalue weighted by Gasteiger charge is 2.35. The smallest absolute Gasteiger partial charge is 0.226 e. The normalized spacial score (nSPS) is 27.0. The van der Waals surface area contributed by atoms with Crippen LogP contribution in [-0.4, -0.2) is 17.1 Å². The third-order valence-electron chi connectivity index (χ3n) is 5.21. The Balaban J connectivity index is 1.76. The van der Waals surface area contributed by atoms with Gasteiger partial charge in [-0.25, -0.2) is 4.39 Å². The number of nitrogens with one attached hydrogen (secondary N) is 1. The Morgan fingerprint density at radius 2 is 1.77 bits per heavy atom. The van der Waals surface area contributed by atoms with Crippen LogP contribution in [0.4, 0.5) is 4.39 Å². The van der Waals surface area contributed by atoms with E-state index >= 15 is 0 Å². The number of carbonyl (C=O) groups is 1. The molecule has 0 spiro atoms. The van der Waals surface area contributed by atoms with E-state index in [9.17, 15) is 14.3 Å². The number of carbonyl (C=O) groups excluding carboxylic acids is 1. The van der Waals surface area contributed by atoms with Gasteiger partial charge in [0.2, 0.25) is 5.91 Å². The predicted octanol–water partition coefficient (Wildman–Crippen LogP) is 3.33. The molecule has 3 atom stereocenters. The molecule has 3 rings (SSSR count). The molecule has 2 aliphatic carbocycles. The summed E-state index contributed by atoms with van der Waals surface area (Å²) in [7, 11) is 0. The van der Waals surface area contributed by atoms with Crippen molar-refractivity contribution >= 4 is 5.91 Å². The van der Waals surface area contributed by atoms with Crippen LogP contribution in [0.3, 0.4) is 0 Å². The average Bonchev–Trinajstić information content (AvgIpc) is 3.17. The maximum Gasteiger partial charge on any atom is 0.226 e. The van der Waals surface area contributed by atoms with Crippen LogP contribution >= 0.6 is 0 Å². The molecule has 2 aliphatic rings. The summed E-state index contributed by atoms with van der Waals surface area (Å²) >= 11 is 0. The summed E-state index contributed by atoms with van der Waals surface area (Å²) in [4.78, 5) is 12.5. The number of hydrogen-bond donors (Lipinski definition) is 2. The number of hydrogen-bond acceptors (Lipinski definition) is 2. The fourth-order valence-electron chi connectivity index (χ4n) is 3.94. The van der Waals surface area contributed by atoms with Crippen molar-refractivity contribution in [3.8, 4) is 0 Å². The van der Waals surface area contributed by atoms with Crippen LogP contribution in [0.25, 0.3) is 0 Å². The minimum Gasteiger partial charge on any atom is -0.392 e. The van der Waals surface area contributed by atoms with Gasteiger partial charge in [-0.15, -0.1) is 0 Å². The van der Waals surface area contributed by atoms with Crippen LogP contribution in [0, 0.1) is 17.7 Å². The van der Waals surface area contributed by atoms with E-state index < -0.39 is 6.10 Å². The lowest BCUT2D eigenvalue weighted by Gasteiger charge is -2.27. The quantitative estimate of drug-likeness (QED) is 0.896. The van der Waals surface area contributed by atoms with Gasteiger partial charge < -0.3 is 10.4 Å². The topological polar surface area (TPSA) is 49.3 Å². The van der Waals surface area contributed by atoms with E-state index in [4.69, 9.17) is 0 Å². The molecule has 22 heavy (non-hydrogen) atoms. The van der Waals surface area contributed by atoms with Gasteiger partial charge in [0.15, 0.2) is 0 Å². The summed E-state index contributed by atoms with van der Waals surface area (Å²) in [6.07, 6.45) is 6.41. The van der Waals surface area contributed by atoms with Crippen LogP contribution in [0.1, 0.15) is 56.6 Å². The zero-order valence-corrected chi connectivity index (χ0v) is 12.8. The molecule has 0 saturated heterocycles. The molecular weight excluding hydrogens is 281 g/mol. The summed E-state index contributed by atoms with van der Waals surface area (Å²) in [5.41, 5.74) is 0.967. The van der Waals surface area contributed by atoms with Crippen LogP contribution in [0.5, 0.6) is 0 Å².